The molecule has 2 aromatic carbocycles. The van der Waals surface area contributed by atoms with Gasteiger partial charge in [0.2, 0.25) is 0 Å². The Bertz CT molecular complexity index is 581. The van der Waals surface area contributed by atoms with Gasteiger partial charge in [-0.1, -0.05) is 6.07 Å². The first-order valence-electron chi connectivity index (χ1n) is 5.39. The number of amides is 1. The van der Waals surface area contributed by atoms with Crippen molar-refractivity contribution in [1.29, 1.82) is 0 Å². The Labute approximate surface area is 118 Å². The van der Waals surface area contributed by atoms with Crippen molar-refractivity contribution in [2.24, 2.45) is 0 Å². The molecule has 1 N–H and O–H groups in total. The number of hydrogen-bond donors (Lipinski definition) is 1. The minimum absolute atomic E-state index is 0.0548. The predicted octanol–water partition coefficient (Wildman–Crippen LogP) is 3.99. The number of hydrogen-bond acceptors (Lipinski definition) is 1. The van der Waals surface area contributed by atoms with Crippen molar-refractivity contribution in [3.63, 3.8) is 0 Å². The molecule has 0 bridgehead atoms. The van der Waals surface area contributed by atoms with E-state index in [0.717, 1.165) is 9.13 Å². The third kappa shape index (κ3) is 3.07. The lowest BCUT2D eigenvalue weighted by molar-refractivity contribution is 0.102. The standard InChI is InChI=1S/C14H11FINO/c1-9-2-7-12(13(15)8-9)14(18)17-11-5-3-10(16)4-6-11/h2-8H,1H3,(H,17,18). The molecule has 0 fully saturated rings. The Balaban J connectivity index is 2.19. The fourth-order valence-corrected chi connectivity index (χ4v) is 1.90. The summed E-state index contributed by atoms with van der Waals surface area (Å²) in [5.74, 6) is -0.938. The van der Waals surface area contributed by atoms with Crippen molar-refractivity contribution in [3.05, 3.63) is 63.0 Å². The monoisotopic (exact) mass is 355 g/mol. The van der Waals surface area contributed by atoms with Crippen LogP contribution >= 0.6 is 22.6 Å². The summed E-state index contributed by atoms with van der Waals surface area (Å²) >= 11 is 2.18. The van der Waals surface area contributed by atoms with Crippen LogP contribution in [0.3, 0.4) is 0 Å². The van der Waals surface area contributed by atoms with E-state index in [4.69, 9.17) is 0 Å². The molecule has 0 unspecified atom stereocenters. The maximum Gasteiger partial charge on any atom is 0.258 e. The number of halogens is 2. The van der Waals surface area contributed by atoms with E-state index in [1.807, 2.05) is 12.1 Å². The minimum atomic E-state index is -0.502. The smallest absolute Gasteiger partial charge is 0.258 e. The number of aryl methyl sites for hydroxylation is 1. The van der Waals surface area contributed by atoms with Gasteiger partial charge >= 0.3 is 0 Å². The zero-order valence-corrected chi connectivity index (χ0v) is 11.9. The van der Waals surface area contributed by atoms with Crippen molar-refractivity contribution < 1.29 is 9.18 Å². The van der Waals surface area contributed by atoms with Crippen LogP contribution in [0, 0.1) is 16.3 Å². The van der Waals surface area contributed by atoms with Crippen molar-refractivity contribution >= 4 is 34.2 Å². The molecular weight excluding hydrogens is 344 g/mol. The van der Waals surface area contributed by atoms with E-state index in [-0.39, 0.29) is 5.56 Å². The van der Waals surface area contributed by atoms with Crippen LogP contribution in [0.5, 0.6) is 0 Å². The largest absolute Gasteiger partial charge is 0.322 e. The second-order valence-corrected chi connectivity index (χ2v) is 5.19. The second kappa shape index (κ2) is 5.48. The molecule has 0 aromatic heterocycles. The number of anilines is 1. The summed E-state index contributed by atoms with van der Waals surface area (Å²) < 4.78 is 14.7. The van der Waals surface area contributed by atoms with Gasteiger partial charge < -0.3 is 5.32 Å². The zero-order chi connectivity index (χ0) is 13.1. The molecule has 0 aliphatic carbocycles. The van der Waals surface area contributed by atoms with Gasteiger partial charge in [0.1, 0.15) is 5.82 Å². The average Bonchev–Trinajstić information content (AvgIpc) is 2.32. The van der Waals surface area contributed by atoms with Crippen LogP contribution in [-0.4, -0.2) is 5.91 Å². The van der Waals surface area contributed by atoms with E-state index >= 15 is 0 Å². The van der Waals surface area contributed by atoms with E-state index in [1.54, 1.807) is 25.1 Å². The maximum atomic E-state index is 13.6. The van der Waals surface area contributed by atoms with Gasteiger partial charge in [-0.05, 0) is 71.5 Å². The van der Waals surface area contributed by atoms with E-state index in [9.17, 15) is 9.18 Å². The lowest BCUT2D eigenvalue weighted by atomic mass is 10.1. The molecule has 2 nitrogen and oxygen atoms in total. The van der Waals surface area contributed by atoms with Crippen LogP contribution in [0.25, 0.3) is 0 Å². The Morgan fingerprint density at radius 2 is 1.83 bits per heavy atom. The van der Waals surface area contributed by atoms with Crippen LogP contribution in [-0.2, 0) is 0 Å². The highest BCUT2D eigenvalue weighted by Crippen LogP contribution is 2.15. The van der Waals surface area contributed by atoms with E-state index in [0.29, 0.717) is 5.69 Å². The van der Waals surface area contributed by atoms with Gasteiger partial charge in [-0.3, -0.25) is 4.79 Å². The van der Waals surface area contributed by atoms with E-state index in [2.05, 4.69) is 27.9 Å². The Morgan fingerprint density at radius 1 is 1.17 bits per heavy atom. The molecule has 0 aliphatic heterocycles. The van der Waals surface area contributed by atoms with Gasteiger partial charge in [0.25, 0.3) is 5.91 Å². The highest BCUT2D eigenvalue weighted by atomic mass is 127. The number of benzene rings is 2. The Morgan fingerprint density at radius 3 is 2.44 bits per heavy atom. The number of carbonyl (C=O) groups is 1. The summed E-state index contributed by atoms with van der Waals surface area (Å²) in [6, 6.07) is 11.9. The zero-order valence-electron chi connectivity index (χ0n) is 9.71. The normalized spacial score (nSPS) is 10.2. The summed E-state index contributed by atoms with van der Waals surface area (Å²) in [7, 11) is 0. The van der Waals surface area contributed by atoms with E-state index < -0.39 is 11.7 Å². The van der Waals surface area contributed by atoms with Gasteiger partial charge in [-0.25, -0.2) is 4.39 Å². The molecule has 2 rings (SSSR count). The molecule has 0 heterocycles. The molecular formula is C14H11FINO. The molecule has 92 valence electrons. The highest BCUT2D eigenvalue weighted by Gasteiger charge is 2.11. The fourth-order valence-electron chi connectivity index (χ4n) is 1.54. The summed E-state index contributed by atoms with van der Waals surface area (Å²) in [4.78, 5) is 11.9. The third-order valence-corrected chi connectivity index (χ3v) is 3.19. The van der Waals surface area contributed by atoms with Gasteiger partial charge in [0, 0.05) is 9.26 Å². The Hall–Kier alpha value is -1.43. The average molecular weight is 355 g/mol. The predicted molar refractivity (Wildman–Crippen MR) is 78.2 cm³/mol. The molecule has 0 radical (unpaired) electrons. The maximum absolute atomic E-state index is 13.6. The fraction of sp³-hybridized carbons (Fsp3) is 0.0714. The molecule has 18 heavy (non-hydrogen) atoms. The summed E-state index contributed by atoms with van der Waals surface area (Å²) in [5.41, 5.74) is 1.50. The number of carbonyl (C=O) groups excluding carboxylic acids is 1. The minimum Gasteiger partial charge on any atom is -0.322 e. The van der Waals surface area contributed by atoms with Crippen molar-refractivity contribution in [1.82, 2.24) is 0 Å². The summed E-state index contributed by atoms with van der Waals surface area (Å²) in [5, 5.41) is 2.66. The topological polar surface area (TPSA) is 29.1 Å². The molecule has 4 heteroatoms. The quantitative estimate of drug-likeness (QED) is 0.811. The lowest BCUT2D eigenvalue weighted by Crippen LogP contribution is -2.13. The van der Waals surface area contributed by atoms with E-state index in [1.165, 1.54) is 12.1 Å². The van der Waals surface area contributed by atoms with Crippen LogP contribution < -0.4 is 5.32 Å². The molecule has 0 spiro atoms. The van der Waals surface area contributed by atoms with Crippen LogP contribution in [0.1, 0.15) is 15.9 Å². The van der Waals surface area contributed by atoms with Gasteiger partial charge in [0.15, 0.2) is 0 Å². The summed E-state index contributed by atoms with van der Waals surface area (Å²) in [6.07, 6.45) is 0. The van der Waals surface area contributed by atoms with Gasteiger partial charge in [0.05, 0.1) is 5.56 Å². The molecule has 0 saturated carbocycles. The lowest BCUT2D eigenvalue weighted by Gasteiger charge is -2.06. The Kier molecular flexibility index (Phi) is 3.96. The first-order chi connectivity index (χ1) is 8.56. The van der Waals surface area contributed by atoms with Crippen molar-refractivity contribution in [2.75, 3.05) is 5.32 Å². The molecule has 0 aliphatic rings. The second-order valence-electron chi connectivity index (χ2n) is 3.94. The SMILES string of the molecule is Cc1ccc(C(=O)Nc2ccc(I)cc2)c(F)c1. The highest BCUT2D eigenvalue weighted by molar-refractivity contribution is 14.1. The van der Waals surface area contributed by atoms with Crippen LogP contribution in [0.2, 0.25) is 0 Å². The molecule has 0 atom stereocenters. The first-order valence-corrected chi connectivity index (χ1v) is 6.47. The van der Waals surface area contributed by atoms with Crippen LogP contribution in [0.4, 0.5) is 10.1 Å². The van der Waals surface area contributed by atoms with Crippen molar-refractivity contribution in [2.45, 2.75) is 6.92 Å². The van der Waals surface area contributed by atoms with Crippen LogP contribution in [0.15, 0.2) is 42.5 Å². The molecule has 2 aromatic rings. The third-order valence-electron chi connectivity index (χ3n) is 2.47. The summed E-state index contributed by atoms with van der Waals surface area (Å²) in [6.45, 7) is 1.78. The van der Waals surface area contributed by atoms with Crippen molar-refractivity contribution in [3.8, 4) is 0 Å². The number of rotatable bonds is 2. The van der Waals surface area contributed by atoms with Gasteiger partial charge in [-0.2, -0.15) is 0 Å². The molecule has 1 amide bonds. The molecule has 0 saturated heterocycles. The van der Waals surface area contributed by atoms with Gasteiger partial charge in [-0.15, -0.1) is 0 Å². The number of nitrogens with one attached hydrogen (secondary N) is 1. The first kappa shape index (κ1) is 13.0.